The number of halogens is 1. The minimum atomic E-state index is 0.755. The lowest BCUT2D eigenvalue weighted by Gasteiger charge is -2.13. The maximum absolute atomic E-state index is 5.96. The molecule has 1 rings (SSSR count). The van der Waals surface area contributed by atoms with Gasteiger partial charge in [0.15, 0.2) is 0 Å². The van der Waals surface area contributed by atoms with E-state index in [0.29, 0.717) is 0 Å². The first-order valence-corrected chi connectivity index (χ1v) is 7.32. The number of hydrogen-bond acceptors (Lipinski definition) is 0. The first-order valence-electron chi connectivity index (χ1n) is 6.94. The van der Waals surface area contributed by atoms with Gasteiger partial charge < -0.3 is 0 Å². The SMILES string of the molecule is C=C(CC)CC(C)CCCc1ccc(Cl)cc1C. The zero-order chi connectivity index (χ0) is 13.5. The fourth-order valence-electron chi connectivity index (χ4n) is 2.32. The summed E-state index contributed by atoms with van der Waals surface area (Å²) < 4.78 is 0. The van der Waals surface area contributed by atoms with Crippen LogP contribution < -0.4 is 0 Å². The van der Waals surface area contributed by atoms with Gasteiger partial charge in [0.25, 0.3) is 0 Å². The highest BCUT2D eigenvalue weighted by Gasteiger charge is 2.05. The summed E-state index contributed by atoms with van der Waals surface area (Å²) in [4.78, 5) is 0. The van der Waals surface area contributed by atoms with Crippen molar-refractivity contribution in [3.8, 4) is 0 Å². The van der Waals surface area contributed by atoms with E-state index in [1.807, 2.05) is 6.07 Å². The highest BCUT2D eigenvalue weighted by molar-refractivity contribution is 6.30. The molecule has 1 aromatic rings. The van der Waals surface area contributed by atoms with Crippen molar-refractivity contribution in [3.63, 3.8) is 0 Å². The van der Waals surface area contributed by atoms with Gasteiger partial charge in [0, 0.05) is 5.02 Å². The number of allylic oxidation sites excluding steroid dienone is 1. The van der Waals surface area contributed by atoms with Crippen molar-refractivity contribution in [3.05, 3.63) is 46.5 Å². The first kappa shape index (κ1) is 15.3. The lowest BCUT2D eigenvalue weighted by molar-refractivity contribution is 0.501. The van der Waals surface area contributed by atoms with Gasteiger partial charge in [-0.15, -0.1) is 0 Å². The molecule has 0 aromatic heterocycles. The fourth-order valence-corrected chi connectivity index (χ4v) is 2.55. The number of aryl methyl sites for hydroxylation is 2. The van der Waals surface area contributed by atoms with Gasteiger partial charge in [-0.2, -0.15) is 0 Å². The smallest absolute Gasteiger partial charge is 0.0408 e. The maximum Gasteiger partial charge on any atom is 0.0408 e. The normalized spacial score (nSPS) is 12.4. The molecule has 0 saturated heterocycles. The van der Waals surface area contributed by atoms with Crippen LogP contribution in [0.2, 0.25) is 5.02 Å². The maximum atomic E-state index is 5.96. The molecule has 0 spiro atoms. The summed E-state index contributed by atoms with van der Waals surface area (Å²) in [5, 5.41) is 0.837. The van der Waals surface area contributed by atoms with Crippen LogP contribution >= 0.6 is 11.6 Å². The second-order valence-electron chi connectivity index (χ2n) is 5.38. The largest absolute Gasteiger partial charge is 0.0999 e. The molecule has 0 fully saturated rings. The number of benzene rings is 1. The molecular weight excluding hydrogens is 240 g/mol. The second-order valence-corrected chi connectivity index (χ2v) is 5.81. The third-order valence-electron chi connectivity index (χ3n) is 3.58. The van der Waals surface area contributed by atoms with Gasteiger partial charge in [0.1, 0.15) is 0 Å². The third-order valence-corrected chi connectivity index (χ3v) is 3.82. The lowest BCUT2D eigenvalue weighted by Crippen LogP contribution is -1.98. The summed E-state index contributed by atoms with van der Waals surface area (Å²) in [5.41, 5.74) is 4.12. The average molecular weight is 265 g/mol. The Morgan fingerprint density at radius 2 is 2.11 bits per heavy atom. The zero-order valence-corrected chi connectivity index (χ0v) is 12.7. The van der Waals surface area contributed by atoms with Gasteiger partial charge in [-0.1, -0.05) is 50.1 Å². The van der Waals surface area contributed by atoms with Gasteiger partial charge in [0.05, 0.1) is 0 Å². The summed E-state index contributed by atoms with van der Waals surface area (Å²) in [6.07, 6.45) is 5.98. The number of rotatable bonds is 7. The first-order chi connectivity index (χ1) is 8.52. The van der Waals surface area contributed by atoms with E-state index in [0.717, 1.165) is 23.8 Å². The molecular formula is C17H25Cl. The molecule has 0 radical (unpaired) electrons. The Hall–Kier alpha value is -0.750. The van der Waals surface area contributed by atoms with Crippen molar-refractivity contribution >= 4 is 11.6 Å². The summed E-state index contributed by atoms with van der Waals surface area (Å²) >= 11 is 5.96. The van der Waals surface area contributed by atoms with Crippen LogP contribution in [0, 0.1) is 12.8 Å². The molecule has 0 heterocycles. The average Bonchev–Trinajstić information content (AvgIpc) is 2.31. The van der Waals surface area contributed by atoms with Crippen molar-refractivity contribution in [2.45, 2.75) is 52.9 Å². The predicted octanol–water partition coefficient (Wildman–Crippen LogP) is 5.96. The second kappa shape index (κ2) is 7.63. The molecule has 1 heteroatoms. The molecule has 0 amide bonds. The van der Waals surface area contributed by atoms with Crippen molar-refractivity contribution in [2.24, 2.45) is 5.92 Å². The minimum Gasteiger partial charge on any atom is -0.0999 e. The topological polar surface area (TPSA) is 0 Å². The quantitative estimate of drug-likeness (QED) is 0.533. The Balaban J connectivity index is 2.35. The molecule has 0 bridgehead atoms. The molecule has 0 saturated carbocycles. The van der Waals surface area contributed by atoms with Crippen molar-refractivity contribution in [2.75, 3.05) is 0 Å². The molecule has 1 atom stereocenters. The molecule has 18 heavy (non-hydrogen) atoms. The molecule has 0 N–H and O–H groups in total. The summed E-state index contributed by atoms with van der Waals surface area (Å²) in [5.74, 6) is 0.755. The van der Waals surface area contributed by atoms with E-state index in [1.54, 1.807) is 0 Å². The summed E-state index contributed by atoms with van der Waals surface area (Å²) in [6.45, 7) is 10.7. The monoisotopic (exact) mass is 264 g/mol. The third kappa shape index (κ3) is 5.27. The Kier molecular flexibility index (Phi) is 6.49. The van der Waals surface area contributed by atoms with Crippen LogP contribution in [0.5, 0.6) is 0 Å². The predicted molar refractivity (Wildman–Crippen MR) is 82.3 cm³/mol. The van der Waals surface area contributed by atoms with E-state index in [2.05, 4.69) is 39.5 Å². The van der Waals surface area contributed by atoms with Crippen LogP contribution in [0.1, 0.15) is 50.7 Å². The summed E-state index contributed by atoms with van der Waals surface area (Å²) in [6, 6.07) is 6.21. The fraction of sp³-hybridized carbons (Fsp3) is 0.529. The van der Waals surface area contributed by atoms with Crippen LogP contribution in [-0.4, -0.2) is 0 Å². The molecule has 1 unspecified atom stereocenters. The minimum absolute atomic E-state index is 0.755. The molecule has 0 nitrogen and oxygen atoms in total. The molecule has 1 aromatic carbocycles. The van der Waals surface area contributed by atoms with Crippen molar-refractivity contribution < 1.29 is 0 Å². The van der Waals surface area contributed by atoms with E-state index >= 15 is 0 Å². The van der Waals surface area contributed by atoms with Crippen LogP contribution in [0.4, 0.5) is 0 Å². The molecule has 0 aliphatic rings. The Morgan fingerprint density at radius 1 is 1.39 bits per heavy atom. The van der Waals surface area contributed by atoms with E-state index in [-0.39, 0.29) is 0 Å². The molecule has 0 aliphatic carbocycles. The van der Waals surface area contributed by atoms with Gasteiger partial charge in [-0.25, -0.2) is 0 Å². The standard InChI is InChI=1S/C17H25Cl/c1-5-13(2)11-14(3)7-6-8-16-9-10-17(18)12-15(16)4/h9-10,12,14H,2,5-8,11H2,1,3-4H3. The Labute approximate surface area is 117 Å². The van der Waals surface area contributed by atoms with E-state index in [4.69, 9.17) is 11.6 Å². The Bertz CT molecular complexity index is 393. The highest BCUT2D eigenvalue weighted by atomic mass is 35.5. The van der Waals surface area contributed by atoms with E-state index in [1.165, 1.54) is 36.0 Å². The summed E-state index contributed by atoms with van der Waals surface area (Å²) in [7, 11) is 0. The van der Waals surface area contributed by atoms with Gasteiger partial charge in [0.2, 0.25) is 0 Å². The van der Waals surface area contributed by atoms with Crippen LogP contribution in [-0.2, 0) is 6.42 Å². The van der Waals surface area contributed by atoms with Gasteiger partial charge >= 0.3 is 0 Å². The van der Waals surface area contributed by atoms with Gasteiger partial charge in [-0.3, -0.25) is 0 Å². The van der Waals surface area contributed by atoms with E-state index in [9.17, 15) is 0 Å². The molecule has 100 valence electrons. The van der Waals surface area contributed by atoms with Gasteiger partial charge in [-0.05, 0) is 61.8 Å². The Morgan fingerprint density at radius 3 is 2.72 bits per heavy atom. The van der Waals surface area contributed by atoms with Crippen LogP contribution in [0.3, 0.4) is 0 Å². The lowest BCUT2D eigenvalue weighted by atomic mass is 9.93. The number of hydrogen-bond donors (Lipinski definition) is 0. The van der Waals surface area contributed by atoms with Crippen molar-refractivity contribution in [1.82, 2.24) is 0 Å². The van der Waals surface area contributed by atoms with Crippen molar-refractivity contribution in [1.29, 1.82) is 0 Å². The van der Waals surface area contributed by atoms with Crippen LogP contribution in [0.25, 0.3) is 0 Å². The van der Waals surface area contributed by atoms with E-state index < -0.39 is 0 Å². The van der Waals surface area contributed by atoms with Crippen LogP contribution in [0.15, 0.2) is 30.4 Å². The molecule has 0 aliphatic heterocycles. The zero-order valence-electron chi connectivity index (χ0n) is 11.9. The highest BCUT2D eigenvalue weighted by Crippen LogP contribution is 2.21.